The maximum atomic E-state index is 12.4. The summed E-state index contributed by atoms with van der Waals surface area (Å²) in [5.74, 6) is -0.0722. The van der Waals surface area contributed by atoms with Gasteiger partial charge in [-0.2, -0.15) is 0 Å². The van der Waals surface area contributed by atoms with Gasteiger partial charge < -0.3 is 11.1 Å². The average Bonchev–Trinajstić information content (AvgIpc) is 2.50. The van der Waals surface area contributed by atoms with Gasteiger partial charge in [-0.25, -0.2) is 0 Å². The van der Waals surface area contributed by atoms with Crippen molar-refractivity contribution >= 4 is 17.3 Å². The van der Waals surface area contributed by atoms with Gasteiger partial charge >= 0.3 is 0 Å². The molecule has 0 unspecified atom stereocenters. The van der Waals surface area contributed by atoms with Crippen molar-refractivity contribution in [3.8, 4) is 0 Å². The van der Waals surface area contributed by atoms with Crippen LogP contribution in [0, 0.1) is 6.92 Å². The van der Waals surface area contributed by atoms with E-state index in [-0.39, 0.29) is 5.91 Å². The topological polar surface area (TPSA) is 55.1 Å². The summed E-state index contributed by atoms with van der Waals surface area (Å²) in [7, 11) is 0. The molecule has 2 aromatic rings. The number of nitrogens with one attached hydrogen (secondary N) is 1. The SMILES string of the molecule is Cc1cc(C(=O)Nc2cccc3c2CCCC3)ccc1N. The highest BCUT2D eigenvalue weighted by atomic mass is 16.1. The van der Waals surface area contributed by atoms with Crippen molar-refractivity contribution in [2.24, 2.45) is 0 Å². The molecule has 0 radical (unpaired) electrons. The first kappa shape index (κ1) is 13.7. The zero-order chi connectivity index (χ0) is 14.8. The molecular formula is C18H20N2O. The average molecular weight is 280 g/mol. The van der Waals surface area contributed by atoms with Gasteiger partial charge in [0.15, 0.2) is 0 Å². The third kappa shape index (κ3) is 2.77. The van der Waals surface area contributed by atoms with Crippen LogP contribution in [-0.2, 0) is 12.8 Å². The Morgan fingerprint density at radius 3 is 2.76 bits per heavy atom. The summed E-state index contributed by atoms with van der Waals surface area (Å²) in [6.07, 6.45) is 4.59. The number of nitrogen functional groups attached to an aromatic ring is 1. The molecule has 0 atom stereocenters. The van der Waals surface area contributed by atoms with Crippen molar-refractivity contribution in [3.05, 3.63) is 58.7 Å². The Labute approximate surface area is 125 Å². The van der Waals surface area contributed by atoms with Crippen molar-refractivity contribution in [3.63, 3.8) is 0 Å². The maximum Gasteiger partial charge on any atom is 0.255 e. The third-order valence-electron chi connectivity index (χ3n) is 4.18. The van der Waals surface area contributed by atoms with E-state index in [1.807, 2.05) is 25.1 Å². The largest absolute Gasteiger partial charge is 0.399 e. The lowest BCUT2D eigenvalue weighted by molar-refractivity contribution is 0.102. The molecule has 0 saturated carbocycles. The minimum absolute atomic E-state index is 0.0722. The highest BCUT2D eigenvalue weighted by Crippen LogP contribution is 2.28. The maximum absolute atomic E-state index is 12.4. The van der Waals surface area contributed by atoms with Crippen LogP contribution in [0.15, 0.2) is 36.4 Å². The second kappa shape index (κ2) is 5.60. The second-order valence-corrected chi connectivity index (χ2v) is 5.68. The van der Waals surface area contributed by atoms with Crippen LogP contribution in [0.5, 0.6) is 0 Å². The quantitative estimate of drug-likeness (QED) is 0.824. The van der Waals surface area contributed by atoms with Crippen LogP contribution in [0.25, 0.3) is 0 Å². The monoisotopic (exact) mass is 280 g/mol. The van der Waals surface area contributed by atoms with Crippen LogP contribution in [0.4, 0.5) is 11.4 Å². The van der Waals surface area contributed by atoms with Crippen molar-refractivity contribution in [2.45, 2.75) is 32.6 Å². The third-order valence-corrected chi connectivity index (χ3v) is 4.18. The number of benzene rings is 2. The number of carbonyl (C=O) groups is 1. The minimum Gasteiger partial charge on any atom is -0.399 e. The molecule has 0 aliphatic heterocycles. The van der Waals surface area contributed by atoms with E-state index in [9.17, 15) is 4.79 Å². The molecule has 0 bridgehead atoms. The van der Waals surface area contributed by atoms with Crippen molar-refractivity contribution < 1.29 is 4.79 Å². The molecule has 1 aliphatic carbocycles. The Kier molecular flexibility index (Phi) is 3.65. The van der Waals surface area contributed by atoms with Crippen molar-refractivity contribution in [2.75, 3.05) is 11.1 Å². The molecule has 0 saturated heterocycles. The lowest BCUT2D eigenvalue weighted by Crippen LogP contribution is -2.15. The van der Waals surface area contributed by atoms with Gasteiger partial charge in [0.25, 0.3) is 5.91 Å². The first-order chi connectivity index (χ1) is 10.1. The molecule has 1 aliphatic rings. The van der Waals surface area contributed by atoms with E-state index in [1.165, 1.54) is 24.0 Å². The molecule has 3 nitrogen and oxygen atoms in total. The smallest absolute Gasteiger partial charge is 0.255 e. The predicted molar refractivity (Wildman–Crippen MR) is 86.6 cm³/mol. The van der Waals surface area contributed by atoms with Gasteiger partial charge in [0, 0.05) is 16.9 Å². The van der Waals surface area contributed by atoms with E-state index < -0.39 is 0 Å². The fraction of sp³-hybridized carbons (Fsp3) is 0.278. The van der Waals surface area contributed by atoms with Crippen LogP contribution in [0.3, 0.4) is 0 Å². The summed E-state index contributed by atoms with van der Waals surface area (Å²) >= 11 is 0. The Hall–Kier alpha value is -2.29. The molecule has 3 rings (SSSR count). The highest BCUT2D eigenvalue weighted by Gasteiger charge is 2.15. The Bertz CT molecular complexity index is 692. The zero-order valence-electron chi connectivity index (χ0n) is 12.3. The summed E-state index contributed by atoms with van der Waals surface area (Å²) in [5, 5.41) is 3.05. The van der Waals surface area contributed by atoms with Crippen LogP contribution < -0.4 is 11.1 Å². The standard InChI is InChI=1S/C18H20N2O/c1-12-11-14(9-10-16(12)19)18(21)20-17-8-4-6-13-5-2-3-7-15(13)17/h4,6,8-11H,2-3,5,7,19H2,1H3,(H,20,21). The fourth-order valence-corrected chi connectivity index (χ4v) is 2.91. The Balaban J connectivity index is 1.86. The molecule has 21 heavy (non-hydrogen) atoms. The normalized spacial score (nSPS) is 13.6. The van der Waals surface area contributed by atoms with E-state index in [4.69, 9.17) is 5.73 Å². The van der Waals surface area contributed by atoms with E-state index in [0.29, 0.717) is 11.3 Å². The first-order valence-corrected chi connectivity index (χ1v) is 7.43. The first-order valence-electron chi connectivity index (χ1n) is 7.43. The summed E-state index contributed by atoms with van der Waals surface area (Å²) in [5.41, 5.74) is 11.7. The van der Waals surface area contributed by atoms with Gasteiger partial charge in [0.05, 0.1) is 0 Å². The van der Waals surface area contributed by atoms with Crippen molar-refractivity contribution in [1.29, 1.82) is 0 Å². The molecule has 0 spiro atoms. The second-order valence-electron chi connectivity index (χ2n) is 5.68. The molecule has 3 N–H and O–H groups in total. The summed E-state index contributed by atoms with van der Waals surface area (Å²) in [6.45, 7) is 1.91. The molecule has 0 heterocycles. The van der Waals surface area contributed by atoms with Crippen LogP contribution in [0.1, 0.15) is 39.9 Å². The summed E-state index contributed by atoms with van der Waals surface area (Å²) in [4.78, 5) is 12.4. The summed E-state index contributed by atoms with van der Waals surface area (Å²) in [6, 6.07) is 11.6. The number of rotatable bonds is 2. The van der Waals surface area contributed by atoms with E-state index >= 15 is 0 Å². The van der Waals surface area contributed by atoms with Gasteiger partial charge in [0.1, 0.15) is 0 Å². The van der Waals surface area contributed by atoms with Gasteiger partial charge in [-0.15, -0.1) is 0 Å². The minimum atomic E-state index is -0.0722. The van der Waals surface area contributed by atoms with Crippen LogP contribution >= 0.6 is 0 Å². The summed E-state index contributed by atoms with van der Waals surface area (Å²) < 4.78 is 0. The Morgan fingerprint density at radius 1 is 1.14 bits per heavy atom. The number of fused-ring (bicyclic) bond motifs is 1. The number of carbonyl (C=O) groups excluding carboxylic acids is 1. The van der Waals surface area contributed by atoms with Gasteiger partial charge in [-0.3, -0.25) is 4.79 Å². The van der Waals surface area contributed by atoms with Crippen LogP contribution in [0.2, 0.25) is 0 Å². The Morgan fingerprint density at radius 2 is 1.95 bits per heavy atom. The lowest BCUT2D eigenvalue weighted by Gasteiger charge is -2.19. The lowest BCUT2D eigenvalue weighted by atomic mass is 9.90. The number of hydrogen-bond donors (Lipinski definition) is 2. The predicted octanol–water partition coefficient (Wildman–Crippen LogP) is 3.71. The number of hydrogen-bond acceptors (Lipinski definition) is 2. The van der Waals surface area contributed by atoms with Crippen molar-refractivity contribution in [1.82, 2.24) is 0 Å². The zero-order valence-corrected chi connectivity index (χ0v) is 12.3. The molecule has 0 fully saturated rings. The van der Waals surface area contributed by atoms with Gasteiger partial charge in [0.2, 0.25) is 0 Å². The van der Waals surface area contributed by atoms with E-state index in [1.54, 1.807) is 12.1 Å². The number of nitrogens with two attached hydrogens (primary N) is 1. The molecule has 3 heteroatoms. The van der Waals surface area contributed by atoms with Gasteiger partial charge in [-0.1, -0.05) is 12.1 Å². The highest BCUT2D eigenvalue weighted by molar-refractivity contribution is 6.05. The molecule has 0 aromatic heterocycles. The molecule has 2 aromatic carbocycles. The molecular weight excluding hydrogens is 260 g/mol. The fourth-order valence-electron chi connectivity index (χ4n) is 2.91. The van der Waals surface area contributed by atoms with E-state index in [2.05, 4.69) is 11.4 Å². The molecule has 108 valence electrons. The number of anilines is 2. The van der Waals surface area contributed by atoms with Gasteiger partial charge in [-0.05, 0) is 73.6 Å². The van der Waals surface area contributed by atoms with E-state index in [0.717, 1.165) is 24.1 Å². The molecule has 1 amide bonds. The number of aryl methyl sites for hydroxylation is 2. The van der Waals surface area contributed by atoms with Crippen LogP contribution in [-0.4, -0.2) is 5.91 Å². The number of amides is 1.